The summed E-state index contributed by atoms with van der Waals surface area (Å²) in [5.41, 5.74) is 1.34. The van der Waals surface area contributed by atoms with Crippen molar-refractivity contribution in [2.75, 3.05) is 11.9 Å². The van der Waals surface area contributed by atoms with Crippen LogP contribution in [0.1, 0.15) is 53.5 Å². The van der Waals surface area contributed by atoms with Crippen molar-refractivity contribution in [3.05, 3.63) is 58.9 Å². The first kappa shape index (κ1) is 18.4. The highest BCUT2D eigenvalue weighted by molar-refractivity contribution is 6.30. The number of hydrogen-bond donors (Lipinski definition) is 1. The zero-order valence-corrected chi connectivity index (χ0v) is 15.5. The predicted molar refractivity (Wildman–Crippen MR) is 103 cm³/mol. The van der Waals surface area contributed by atoms with Crippen molar-refractivity contribution in [2.45, 2.75) is 38.6 Å². The minimum absolute atomic E-state index is 0.0282. The van der Waals surface area contributed by atoms with Gasteiger partial charge in [-0.3, -0.25) is 14.6 Å². The third-order valence-corrected chi connectivity index (χ3v) is 4.95. The van der Waals surface area contributed by atoms with E-state index in [9.17, 15) is 9.59 Å². The topological polar surface area (TPSA) is 62.3 Å². The number of nitrogens with one attached hydrogen (secondary N) is 1. The molecule has 2 heterocycles. The molecule has 1 fully saturated rings. The molecule has 1 aromatic carbocycles. The standard InChI is InChI=1S/C20H22ClN3O2/c1-2-17-5-3-4-12-24(17)20(26)14-10-11-22-18(13-14)19(25)23-16-8-6-15(21)7-9-16/h6-11,13,17H,2-5,12H2,1H3,(H,23,25). The Morgan fingerprint density at radius 3 is 2.73 bits per heavy atom. The molecule has 6 heteroatoms. The first-order chi connectivity index (χ1) is 12.6. The monoisotopic (exact) mass is 371 g/mol. The fraction of sp³-hybridized carbons (Fsp3) is 0.350. The molecule has 1 N–H and O–H groups in total. The summed E-state index contributed by atoms with van der Waals surface area (Å²) in [4.78, 5) is 31.4. The number of rotatable bonds is 4. The first-order valence-corrected chi connectivity index (χ1v) is 9.30. The molecule has 1 aliphatic rings. The zero-order chi connectivity index (χ0) is 18.5. The number of piperidine rings is 1. The van der Waals surface area contributed by atoms with Crippen LogP contribution in [0.25, 0.3) is 0 Å². The summed E-state index contributed by atoms with van der Waals surface area (Å²) in [6, 6.07) is 10.3. The molecule has 2 aromatic rings. The van der Waals surface area contributed by atoms with E-state index in [0.29, 0.717) is 16.3 Å². The number of benzene rings is 1. The molecule has 1 unspecified atom stereocenters. The van der Waals surface area contributed by atoms with Crippen molar-refractivity contribution >= 4 is 29.1 Å². The lowest BCUT2D eigenvalue weighted by Gasteiger charge is -2.35. The van der Waals surface area contributed by atoms with Gasteiger partial charge in [-0.2, -0.15) is 0 Å². The number of halogens is 1. The van der Waals surface area contributed by atoms with Crippen LogP contribution in [-0.2, 0) is 0 Å². The van der Waals surface area contributed by atoms with Gasteiger partial charge in [-0.15, -0.1) is 0 Å². The molecule has 0 bridgehead atoms. The molecule has 5 nitrogen and oxygen atoms in total. The number of carbonyl (C=O) groups excluding carboxylic acids is 2. The van der Waals surface area contributed by atoms with Gasteiger partial charge < -0.3 is 10.2 Å². The highest BCUT2D eigenvalue weighted by Crippen LogP contribution is 2.22. The van der Waals surface area contributed by atoms with Gasteiger partial charge in [-0.25, -0.2) is 0 Å². The van der Waals surface area contributed by atoms with Crippen molar-refractivity contribution < 1.29 is 9.59 Å². The number of hydrogen-bond acceptors (Lipinski definition) is 3. The van der Waals surface area contributed by atoms with E-state index >= 15 is 0 Å². The second-order valence-corrected chi connectivity index (χ2v) is 6.88. The van der Waals surface area contributed by atoms with Gasteiger partial charge in [-0.1, -0.05) is 18.5 Å². The fourth-order valence-electron chi connectivity index (χ4n) is 3.27. The Morgan fingerprint density at radius 2 is 2.00 bits per heavy atom. The van der Waals surface area contributed by atoms with Crippen LogP contribution in [0, 0.1) is 0 Å². The second-order valence-electron chi connectivity index (χ2n) is 6.45. The molecular weight excluding hydrogens is 350 g/mol. The number of likely N-dealkylation sites (tertiary alicyclic amines) is 1. The van der Waals surface area contributed by atoms with Crippen LogP contribution in [-0.4, -0.2) is 34.3 Å². The van der Waals surface area contributed by atoms with E-state index < -0.39 is 0 Å². The molecule has 26 heavy (non-hydrogen) atoms. The average molecular weight is 372 g/mol. The SMILES string of the molecule is CCC1CCCCN1C(=O)c1ccnc(C(=O)Nc2ccc(Cl)cc2)c1. The van der Waals surface area contributed by atoms with Crippen molar-refractivity contribution in [3.63, 3.8) is 0 Å². The van der Waals surface area contributed by atoms with Gasteiger partial charge in [-0.05, 0) is 62.1 Å². The van der Waals surface area contributed by atoms with Gasteiger partial charge in [0.15, 0.2) is 0 Å². The minimum Gasteiger partial charge on any atom is -0.336 e. The number of pyridine rings is 1. The summed E-state index contributed by atoms with van der Waals surface area (Å²) < 4.78 is 0. The Labute approximate surface area is 158 Å². The zero-order valence-electron chi connectivity index (χ0n) is 14.7. The van der Waals surface area contributed by atoms with Crippen LogP contribution in [0.15, 0.2) is 42.6 Å². The predicted octanol–water partition coefficient (Wildman–Crippen LogP) is 4.39. The van der Waals surface area contributed by atoms with E-state index in [0.717, 1.165) is 32.2 Å². The Kier molecular flexibility index (Phi) is 5.89. The van der Waals surface area contributed by atoms with Gasteiger partial charge in [0.1, 0.15) is 5.69 Å². The quantitative estimate of drug-likeness (QED) is 0.866. The van der Waals surface area contributed by atoms with Crippen molar-refractivity contribution in [1.29, 1.82) is 0 Å². The highest BCUT2D eigenvalue weighted by atomic mass is 35.5. The third-order valence-electron chi connectivity index (χ3n) is 4.70. The Hall–Kier alpha value is -2.40. The molecular formula is C20H22ClN3O2. The van der Waals surface area contributed by atoms with E-state index in [1.807, 2.05) is 4.90 Å². The smallest absolute Gasteiger partial charge is 0.274 e. The van der Waals surface area contributed by atoms with Crippen molar-refractivity contribution in [1.82, 2.24) is 9.88 Å². The van der Waals surface area contributed by atoms with Crippen LogP contribution in [0.4, 0.5) is 5.69 Å². The van der Waals surface area contributed by atoms with Crippen LogP contribution < -0.4 is 5.32 Å². The molecule has 0 radical (unpaired) electrons. The van der Waals surface area contributed by atoms with E-state index in [2.05, 4.69) is 17.2 Å². The number of anilines is 1. The summed E-state index contributed by atoms with van der Waals surface area (Å²) in [6.07, 6.45) is 5.68. The minimum atomic E-state index is -0.354. The molecule has 136 valence electrons. The number of carbonyl (C=O) groups is 2. The van der Waals surface area contributed by atoms with Crippen molar-refractivity contribution in [3.8, 4) is 0 Å². The number of amides is 2. The summed E-state index contributed by atoms with van der Waals surface area (Å²) in [5, 5.41) is 3.36. The summed E-state index contributed by atoms with van der Waals surface area (Å²) in [7, 11) is 0. The molecule has 1 aromatic heterocycles. The number of aromatic nitrogens is 1. The Morgan fingerprint density at radius 1 is 1.23 bits per heavy atom. The lowest BCUT2D eigenvalue weighted by atomic mass is 9.99. The Bertz CT molecular complexity index is 792. The highest BCUT2D eigenvalue weighted by Gasteiger charge is 2.26. The lowest BCUT2D eigenvalue weighted by Crippen LogP contribution is -2.43. The van der Waals surface area contributed by atoms with Crippen LogP contribution >= 0.6 is 11.6 Å². The molecule has 0 spiro atoms. The first-order valence-electron chi connectivity index (χ1n) is 8.92. The van der Waals surface area contributed by atoms with Gasteiger partial charge in [0.2, 0.25) is 0 Å². The summed E-state index contributed by atoms with van der Waals surface area (Å²) in [5.74, 6) is -0.382. The van der Waals surface area contributed by atoms with E-state index in [1.54, 1.807) is 36.4 Å². The van der Waals surface area contributed by atoms with Crippen LogP contribution in [0.2, 0.25) is 5.02 Å². The molecule has 0 saturated carbocycles. The normalized spacial score (nSPS) is 17.0. The Balaban J connectivity index is 1.75. The van der Waals surface area contributed by atoms with Gasteiger partial charge in [0.25, 0.3) is 11.8 Å². The molecule has 2 amide bonds. The maximum Gasteiger partial charge on any atom is 0.274 e. The molecule has 1 atom stereocenters. The third kappa shape index (κ3) is 4.22. The van der Waals surface area contributed by atoms with Crippen LogP contribution in [0.5, 0.6) is 0 Å². The molecule has 1 saturated heterocycles. The molecule has 3 rings (SSSR count). The van der Waals surface area contributed by atoms with Gasteiger partial charge in [0.05, 0.1) is 0 Å². The molecule has 1 aliphatic heterocycles. The lowest BCUT2D eigenvalue weighted by molar-refractivity contribution is 0.0608. The maximum atomic E-state index is 12.9. The average Bonchev–Trinajstić information content (AvgIpc) is 2.69. The van der Waals surface area contributed by atoms with Gasteiger partial charge in [0, 0.05) is 35.1 Å². The second kappa shape index (κ2) is 8.32. The van der Waals surface area contributed by atoms with E-state index in [4.69, 9.17) is 11.6 Å². The molecule has 0 aliphatic carbocycles. The number of nitrogens with zero attached hydrogens (tertiary/aromatic N) is 2. The fourth-order valence-corrected chi connectivity index (χ4v) is 3.40. The van der Waals surface area contributed by atoms with E-state index in [-0.39, 0.29) is 23.6 Å². The largest absolute Gasteiger partial charge is 0.336 e. The van der Waals surface area contributed by atoms with Gasteiger partial charge >= 0.3 is 0 Å². The van der Waals surface area contributed by atoms with Crippen LogP contribution in [0.3, 0.4) is 0 Å². The van der Waals surface area contributed by atoms with E-state index in [1.165, 1.54) is 6.20 Å². The summed E-state index contributed by atoms with van der Waals surface area (Å²) >= 11 is 5.85. The maximum absolute atomic E-state index is 12.9. The summed E-state index contributed by atoms with van der Waals surface area (Å²) in [6.45, 7) is 2.87. The van der Waals surface area contributed by atoms with Crippen molar-refractivity contribution in [2.24, 2.45) is 0 Å².